The maximum Gasteiger partial charge on any atom is 0.407 e. The Bertz CT molecular complexity index is 1040. The molecule has 35 heavy (non-hydrogen) atoms. The quantitative estimate of drug-likeness (QED) is 0.468. The van der Waals surface area contributed by atoms with E-state index >= 15 is 0 Å². The van der Waals surface area contributed by atoms with Crippen LogP contribution in [-0.2, 0) is 14.3 Å². The van der Waals surface area contributed by atoms with E-state index in [9.17, 15) is 23.2 Å². The van der Waals surface area contributed by atoms with Crippen molar-refractivity contribution in [2.45, 2.75) is 44.1 Å². The van der Waals surface area contributed by atoms with Crippen molar-refractivity contribution < 1.29 is 33.0 Å². The Kier molecular flexibility index (Phi) is 7.63. The van der Waals surface area contributed by atoms with Crippen LogP contribution >= 0.6 is 0 Å². The number of rotatable bonds is 10. The fourth-order valence-electron chi connectivity index (χ4n) is 4.84. The molecular weight excluding hydrogens is 458 g/mol. The Morgan fingerprint density at radius 3 is 2.11 bits per heavy atom. The lowest BCUT2D eigenvalue weighted by Crippen LogP contribution is -2.50. The van der Waals surface area contributed by atoms with Crippen molar-refractivity contribution in [3.05, 3.63) is 59.7 Å². The monoisotopic (exact) mass is 486 g/mol. The molecule has 2 aromatic carbocycles. The van der Waals surface area contributed by atoms with Crippen molar-refractivity contribution in [1.82, 2.24) is 10.6 Å². The number of ether oxygens (including phenoxy) is 1. The molecule has 3 N–H and O–H groups in total. The van der Waals surface area contributed by atoms with Gasteiger partial charge in [-0.3, -0.25) is 4.79 Å². The summed E-state index contributed by atoms with van der Waals surface area (Å²) in [5.74, 6) is -3.05. The molecule has 0 spiro atoms. The molecule has 1 saturated carbocycles. The van der Waals surface area contributed by atoms with Gasteiger partial charge in [-0.25, -0.2) is 18.4 Å². The largest absolute Gasteiger partial charge is 0.480 e. The maximum atomic E-state index is 12.7. The number of amides is 2. The molecule has 9 heteroatoms. The Balaban J connectivity index is 1.35. The third kappa shape index (κ3) is 5.61. The lowest BCUT2D eigenvalue weighted by atomic mass is 9.75. The highest BCUT2D eigenvalue weighted by atomic mass is 19.3. The summed E-state index contributed by atoms with van der Waals surface area (Å²) in [5, 5.41) is 14.0. The third-order valence-electron chi connectivity index (χ3n) is 6.89. The van der Waals surface area contributed by atoms with Crippen molar-refractivity contribution in [3.8, 4) is 11.1 Å². The van der Waals surface area contributed by atoms with Crippen LogP contribution in [0.1, 0.15) is 42.7 Å². The number of alkyl carbamates (subject to hydrolysis) is 1. The number of halogens is 2. The molecule has 1 fully saturated rings. The van der Waals surface area contributed by atoms with Gasteiger partial charge in [0.1, 0.15) is 12.6 Å². The highest BCUT2D eigenvalue weighted by molar-refractivity contribution is 5.85. The number of alkyl halides is 2. The number of carboxylic acid groups (broad SMARTS) is 1. The minimum atomic E-state index is -2.86. The second kappa shape index (κ2) is 10.8. The molecule has 2 atom stereocenters. The summed E-state index contributed by atoms with van der Waals surface area (Å²) in [6.07, 6.45) is -2.12. The molecule has 0 radical (unpaired) electrons. The van der Waals surface area contributed by atoms with Gasteiger partial charge in [-0.1, -0.05) is 55.0 Å². The van der Waals surface area contributed by atoms with Crippen LogP contribution in [0.25, 0.3) is 11.1 Å². The molecule has 7 nitrogen and oxygen atoms in total. The van der Waals surface area contributed by atoms with Gasteiger partial charge in [0, 0.05) is 18.9 Å². The summed E-state index contributed by atoms with van der Waals surface area (Å²) in [4.78, 5) is 36.5. The third-order valence-corrected chi connectivity index (χ3v) is 6.89. The van der Waals surface area contributed by atoms with Crippen molar-refractivity contribution in [3.63, 3.8) is 0 Å². The second-order valence-corrected chi connectivity index (χ2v) is 9.03. The van der Waals surface area contributed by atoms with Crippen LogP contribution in [0, 0.1) is 11.8 Å². The fourth-order valence-corrected chi connectivity index (χ4v) is 4.84. The first kappa shape index (κ1) is 24.6. The number of aliphatic carboxylic acids is 1. The number of carboxylic acids is 1. The summed E-state index contributed by atoms with van der Waals surface area (Å²) in [6, 6.07) is 14.2. The molecule has 0 heterocycles. The summed E-state index contributed by atoms with van der Waals surface area (Å²) in [6.45, 7) is 0.0593. The van der Waals surface area contributed by atoms with Gasteiger partial charge in [0.15, 0.2) is 0 Å². The summed E-state index contributed by atoms with van der Waals surface area (Å²) >= 11 is 0. The van der Waals surface area contributed by atoms with Crippen molar-refractivity contribution >= 4 is 18.0 Å². The number of hydrogen-bond acceptors (Lipinski definition) is 4. The lowest BCUT2D eigenvalue weighted by Gasteiger charge is -2.33. The van der Waals surface area contributed by atoms with E-state index < -0.39 is 42.8 Å². The molecule has 2 amide bonds. The number of hydrogen-bond donors (Lipinski definition) is 3. The van der Waals surface area contributed by atoms with E-state index in [0.29, 0.717) is 0 Å². The standard InChI is InChI=1S/C26H28F2N2O5/c27-23(28)12-22(25(32)33)30-24(31)20(15-6-5-7-15)13-29-26(34)35-14-21-18-10-3-1-8-16(18)17-9-2-4-11-19(17)21/h1-4,8-11,15,20-23H,5-7,12-14H2,(H,29,34)(H,30,31)(H,32,33). The summed E-state index contributed by atoms with van der Waals surface area (Å²) < 4.78 is 30.9. The van der Waals surface area contributed by atoms with Gasteiger partial charge in [0.25, 0.3) is 0 Å². The smallest absolute Gasteiger partial charge is 0.407 e. The molecule has 2 aromatic rings. The van der Waals surface area contributed by atoms with Gasteiger partial charge in [0.2, 0.25) is 12.3 Å². The average Bonchev–Trinajstić information content (AvgIpc) is 3.12. The van der Waals surface area contributed by atoms with Gasteiger partial charge in [0.05, 0.1) is 5.92 Å². The van der Waals surface area contributed by atoms with E-state index in [0.717, 1.165) is 41.5 Å². The average molecular weight is 487 g/mol. The lowest BCUT2D eigenvalue weighted by molar-refractivity contribution is -0.144. The molecule has 0 saturated heterocycles. The highest BCUT2D eigenvalue weighted by Gasteiger charge is 2.36. The van der Waals surface area contributed by atoms with Crippen LogP contribution < -0.4 is 10.6 Å². The number of benzene rings is 2. The van der Waals surface area contributed by atoms with E-state index in [1.807, 2.05) is 48.5 Å². The normalized spacial score (nSPS) is 16.5. The fraction of sp³-hybridized carbons (Fsp3) is 0.423. The van der Waals surface area contributed by atoms with E-state index in [1.54, 1.807) is 0 Å². The molecule has 2 unspecified atom stereocenters. The Labute approximate surface area is 201 Å². The van der Waals surface area contributed by atoms with Crippen LogP contribution in [0.2, 0.25) is 0 Å². The van der Waals surface area contributed by atoms with Crippen molar-refractivity contribution in [1.29, 1.82) is 0 Å². The molecular formula is C26H28F2N2O5. The molecule has 4 rings (SSSR count). The number of nitrogens with one attached hydrogen (secondary N) is 2. The van der Waals surface area contributed by atoms with Gasteiger partial charge in [-0.2, -0.15) is 0 Å². The van der Waals surface area contributed by atoms with Gasteiger partial charge in [-0.05, 0) is 41.0 Å². The van der Waals surface area contributed by atoms with E-state index in [4.69, 9.17) is 9.84 Å². The zero-order valence-electron chi connectivity index (χ0n) is 19.1. The van der Waals surface area contributed by atoms with E-state index in [1.165, 1.54) is 0 Å². The predicted octanol–water partition coefficient (Wildman–Crippen LogP) is 4.17. The zero-order chi connectivity index (χ0) is 24.9. The first-order valence-corrected chi connectivity index (χ1v) is 11.7. The maximum absolute atomic E-state index is 12.7. The predicted molar refractivity (Wildman–Crippen MR) is 124 cm³/mol. The number of carbonyl (C=O) groups is 3. The summed E-state index contributed by atoms with van der Waals surface area (Å²) in [7, 11) is 0. The van der Waals surface area contributed by atoms with Crippen LogP contribution in [0.5, 0.6) is 0 Å². The van der Waals surface area contributed by atoms with Crippen molar-refractivity contribution in [2.24, 2.45) is 11.8 Å². The molecule has 0 bridgehead atoms. The van der Waals surface area contributed by atoms with Crippen LogP contribution in [0.4, 0.5) is 13.6 Å². The summed E-state index contributed by atoms with van der Waals surface area (Å²) in [5.41, 5.74) is 4.37. The van der Waals surface area contributed by atoms with Gasteiger partial charge in [-0.15, -0.1) is 0 Å². The van der Waals surface area contributed by atoms with Crippen molar-refractivity contribution in [2.75, 3.05) is 13.2 Å². The van der Waals surface area contributed by atoms with Crippen LogP contribution in [-0.4, -0.2) is 48.7 Å². The van der Waals surface area contributed by atoms with Crippen LogP contribution in [0.15, 0.2) is 48.5 Å². The number of carbonyl (C=O) groups excluding carboxylic acids is 2. The second-order valence-electron chi connectivity index (χ2n) is 9.03. The topological polar surface area (TPSA) is 105 Å². The van der Waals surface area contributed by atoms with E-state index in [2.05, 4.69) is 10.6 Å². The Hall–Kier alpha value is -3.49. The molecule has 0 aromatic heterocycles. The van der Waals surface area contributed by atoms with Crippen LogP contribution in [0.3, 0.4) is 0 Å². The Morgan fingerprint density at radius 1 is 1.00 bits per heavy atom. The highest BCUT2D eigenvalue weighted by Crippen LogP contribution is 2.44. The molecule has 0 aliphatic heterocycles. The van der Waals surface area contributed by atoms with Gasteiger partial charge >= 0.3 is 12.1 Å². The minimum Gasteiger partial charge on any atom is -0.480 e. The zero-order valence-corrected chi connectivity index (χ0v) is 19.1. The minimum absolute atomic E-state index is 0.0510. The van der Waals surface area contributed by atoms with E-state index in [-0.39, 0.29) is 25.0 Å². The molecule has 2 aliphatic carbocycles. The SMILES string of the molecule is O=C(NCC(C(=O)NC(CC(F)F)C(=O)O)C1CCC1)OCC1c2ccccc2-c2ccccc21. The first-order valence-electron chi connectivity index (χ1n) is 11.7. The Morgan fingerprint density at radius 2 is 1.60 bits per heavy atom. The number of fused-ring (bicyclic) bond motifs is 3. The molecule has 2 aliphatic rings. The van der Waals surface area contributed by atoms with Gasteiger partial charge < -0.3 is 20.5 Å². The first-order chi connectivity index (χ1) is 16.8. The molecule has 186 valence electrons.